The molecule has 4 N–H and O–H groups in total. The highest BCUT2D eigenvalue weighted by Gasteiger charge is 2.26. The van der Waals surface area contributed by atoms with E-state index < -0.39 is 27.9 Å². The van der Waals surface area contributed by atoms with Gasteiger partial charge in [0.15, 0.2) is 0 Å². The highest BCUT2D eigenvalue weighted by Crippen LogP contribution is 2.17. The van der Waals surface area contributed by atoms with Crippen molar-refractivity contribution in [1.82, 2.24) is 5.32 Å². The number of rotatable bonds is 5. The quantitative estimate of drug-likeness (QED) is 0.728. The third-order valence-electron chi connectivity index (χ3n) is 2.91. The summed E-state index contributed by atoms with van der Waals surface area (Å²) >= 11 is 0. The number of amides is 1. The lowest BCUT2D eigenvalue weighted by Crippen LogP contribution is -2.44. The Morgan fingerprint density at radius 2 is 1.86 bits per heavy atom. The zero-order valence-electron chi connectivity index (χ0n) is 12.0. The summed E-state index contributed by atoms with van der Waals surface area (Å²) in [6.45, 7) is 4.95. The van der Waals surface area contributed by atoms with Gasteiger partial charge in [-0.25, -0.2) is 18.4 Å². The minimum Gasteiger partial charge on any atom is -0.480 e. The van der Waals surface area contributed by atoms with Crippen molar-refractivity contribution >= 4 is 21.9 Å². The molecule has 0 fully saturated rings. The van der Waals surface area contributed by atoms with Gasteiger partial charge in [0.05, 0.1) is 10.5 Å². The first-order valence-electron chi connectivity index (χ1n) is 6.21. The van der Waals surface area contributed by atoms with Crippen molar-refractivity contribution in [2.75, 3.05) is 0 Å². The molecule has 1 aromatic rings. The Balaban J connectivity index is 3.24. The van der Waals surface area contributed by atoms with Crippen LogP contribution in [-0.4, -0.2) is 31.4 Å². The van der Waals surface area contributed by atoms with Crippen molar-refractivity contribution in [2.24, 2.45) is 11.1 Å². The van der Waals surface area contributed by atoms with Gasteiger partial charge in [-0.15, -0.1) is 0 Å². The Bertz CT molecular complexity index is 667. The maximum atomic E-state index is 12.2. The monoisotopic (exact) mass is 314 g/mol. The number of aliphatic carboxylic acids is 1. The number of aryl methyl sites for hydroxylation is 1. The highest BCUT2D eigenvalue weighted by atomic mass is 32.2. The molecule has 0 heterocycles. The molecule has 0 aliphatic heterocycles. The number of hydrogen-bond donors (Lipinski definition) is 3. The first-order chi connectivity index (χ1) is 9.54. The van der Waals surface area contributed by atoms with Crippen LogP contribution in [0.15, 0.2) is 23.1 Å². The molecule has 0 aromatic heterocycles. The van der Waals surface area contributed by atoms with Crippen molar-refractivity contribution in [1.29, 1.82) is 0 Å². The second kappa shape index (κ2) is 6.23. The summed E-state index contributed by atoms with van der Waals surface area (Å²) in [5.74, 6) is -2.33. The van der Waals surface area contributed by atoms with Crippen molar-refractivity contribution in [3.05, 3.63) is 29.3 Å². The number of carboxylic acid groups (broad SMARTS) is 1. The molecule has 1 rings (SSSR count). The van der Waals surface area contributed by atoms with Crippen LogP contribution in [0.1, 0.15) is 29.8 Å². The molecule has 116 valence electrons. The van der Waals surface area contributed by atoms with Gasteiger partial charge in [-0.05, 0) is 25.0 Å². The molecule has 0 bridgehead atoms. The number of nitrogens with two attached hydrogens (primary N) is 1. The molecule has 21 heavy (non-hydrogen) atoms. The molecular formula is C13H18N2O5S. The van der Waals surface area contributed by atoms with Crippen molar-refractivity contribution in [3.8, 4) is 0 Å². The van der Waals surface area contributed by atoms with Gasteiger partial charge < -0.3 is 10.4 Å². The third kappa shape index (κ3) is 4.27. The Labute approximate surface area is 123 Å². The number of carbonyl (C=O) groups excluding carboxylic acids is 1. The third-order valence-corrected chi connectivity index (χ3v) is 3.87. The van der Waals surface area contributed by atoms with Crippen molar-refractivity contribution in [2.45, 2.75) is 31.7 Å². The number of sulfonamides is 1. The van der Waals surface area contributed by atoms with E-state index in [1.165, 1.54) is 18.2 Å². The Morgan fingerprint density at radius 3 is 2.29 bits per heavy atom. The van der Waals surface area contributed by atoms with E-state index in [4.69, 9.17) is 10.2 Å². The minimum atomic E-state index is -4.08. The van der Waals surface area contributed by atoms with E-state index in [1.807, 2.05) is 0 Å². The van der Waals surface area contributed by atoms with Crippen LogP contribution in [0, 0.1) is 12.8 Å². The second-order valence-electron chi connectivity index (χ2n) is 5.08. The lowest BCUT2D eigenvalue weighted by Gasteiger charge is -2.18. The van der Waals surface area contributed by atoms with Gasteiger partial charge in [0.1, 0.15) is 6.04 Å². The topological polar surface area (TPSA) is 127 Å². The van der Waals surface area contributed by atoms with E-state index in [0.29, 0.717) is 5.56 Å². The maximum absolute atomic E-state index is 12.2. The van der Waals surface area contributed by atoms with Crippen LogP contribution in [0.5, 0.6) is 0 Å². The smallest absolute Gasteiger partial charge is 0.326 e. The van der Waals surface area contributed by atoms with Crippen molar-refractivity contribution in [3.63, 3.8) is 0 Å². The minimum absolute atomic E-state index is 0.163. The molecule has 0 saturated carbocycles. The van der Waals surface area contributed by atoms with E-state index in [9.17, 15) is 18.0 Å². The summed E-state index contributed by atoms with van der Waals surface area (Å²) < 4.78 is 23.0. The zero-order valence-corrected chi connectivity index (χ0v) is 12.8. The maximum Gasteiger partial charge on any atom is 0.326 e. The van der Waals surface area contributed by atoms with E-state index in [1.54, 1.807) is 20.8 Å². The van der Waals surface area contributed by atoms with Gasteiger partial charge >= 0.3 is 5.97 Å². The Morgan fingerprint density at radius 1 is 1.29 bits per heavy atom. The van der Waals surface area contributed by atoms with E-state index in [2.05, 4.69) is 5.32 Å². The second-order valence-corrected chi connectivity index (χ2v) is 6.61. The predicted octanol–water partition coefficient (Wildman–Crippen LogP) is 0.481. The molecule has 0 aliphatic carbocycles. The van der Waals surface area contributed by atoms with Gasteiger partial charge in [-0.1, -0.05) is 25.5 Å². The summed E-state index contributed by atoms with van der Waals surface area (Å²) in [6, 6.07) is 2.97. The molecule has 7 nitrogen and oxygen atoms in total. The molecule has 1 aromatic carbocycles. The van der Waals surface area contributed by atoms with Crippen LogP contribution in [0.3, 0.4) is 0 Å². The standard InChI is InChI=1S/C13H18N2O5S/c1-7(2)11(13(17)18)15-12(16)9-6-8(3)4-5-10(9)21(14,19)20/h4-7,11H,1-3H3,(H,15,16)(H,17,18)(H2,14,19,20)/t11-/m1/s1. The predicted molar refractivity (Wildman–Crippen MR) is 76.3 cm³/mol. The van der Waals surface area contributed by atoms with Crippen molar-refractivity contribution < 1.29 is 23.1 Å². The number of primary sulfonamides is 1. The van der Waals surface area contributed by atoms with Crippen LogP contribution >= 0.6 is 0 Å². The van der Waals surface area contributed by atoms with Gasteiger partial charge in [0.2, 0.25) is 10.0 Å². The summed E-state index contributed by atoms with van der Waals surface area (Å²) in [5, 5.41) is 16.5. The molecule has 0 radical (unpaired) electrons. The summed E-state index contributed by atoms with van der Waals surface area (Å²) in [4.78, 5) is 23.0. The first kappa shape index (κ1) is 17.1. The van der Waals surface area contributed by atoms with Gasteiger partial charge in [0, 0.05) is 0 Å². The van der Waals surface area contributed by atoms with Crippen LogP contribution < -0.4 is 10.5 Å². The number of carbonyl (C=O) groups is 2. The Kier molecular flexibility index (Phi) is 5.08. The summed E-state index contributed by atoms with van der Waals surface area (Å²) in [5.41, 5.74) is 0.494. The summed E-state index contributed by atoms with van der Waals surface area (Å²) in [7, 11) is -4.08. The van der Waals surface area contributed by atoms with E-state index in [-0.39, 0.29) is 16.4 Å². The molecule has 0 aliphatic rings. The van der Waals surface area contributed by atoms with E-state index in [0.717, 1.165) is 0 Å². The molecule has 1 amide bonds. The average molecular weight is 314 g/mol. The zero-order chi connectivity index (χ0) is 16.4. The molecule has 0 unspecified atom stereocenters. The summed E-state index contributed by atoms with van der Waals surface area (Å²) in [6.07, 6.45) is 0. The fraction of sp³-hybridized carbons (Fsp3) is 0.385. The van der Waals surface area contributed by atoms with Crippen LogP contribution in [0.25, 0.3) is 0 Å². The number of nitrogens with one attached hydrogen (secondary N) is 1. The largest absolute Gasteiger partial charge is 0.480 e. The first-order valence-corrected chi connectivity index (χ1v) is 7.75. The normalized spacial score (nSPS) is 13.0. The van der Waals surface area contributed by atoms with E-state index >= 15 is 0 Å². The van der Waals surface area contributed by atoms with Gasteiger partial charge in [-0.3, -0.25) is 4.79 Å². The lowest BCUT2D eigenvalue weighted by molar-refractivity contribution is -0.140. The molecule has 0 saturated heterocycles. The van der Waals surface area contributed by atoms with Crippen LogP contribution in [-0.2, 0) is 14.8 Å². The number of hydrogen-bond acceptors (Lipinski definition) is 4. The number of benzene rings is 1. The lowest BCUT2D eigenvalue weighted by atomic mass is 10.0. The SMILES string of the molecule is Cc1ccc(S(N)(=O)=O)c(C(=O)N[C@@H](C(=O)O)C(C)C)c1. The fourth-order valence-electron chi connectivity index (χ4n) is 1.80. The Hall–Kier alpha value is -1.93. The molecular weight excluding hydrogens is 296 g/mol. The van der Waals surface area contributed by atoms with Gasteiger partial charge in [0.25, 0.3) is 5.91 Å². The molecule has 8 heteroatoms. The van der Waals surface area contributed by atoms with Crippen LogP contribution in [0.4, 0.5) is 0 Å². The molecule has 0 spiro atoms. The van der Waals surface area contributed by atoms with Gasteiger partial charge in [-0.2, -0.15) is 0 Å². The van der Waals surface area contributed by atoms with Crippen LogP contribution in [0.2, 0.25) is 0 Å². The number of carboxylic acids is 1. The fourth-order valence-corrected chi connectivity index (χ4v) is 2.52. The molecule has 1 atom stereocenters. The average Bonchev–Trinajstić information content (AvgIpc) is 2.33. The highest BCUT2D eigenvalue weighted by molar-refractivity contribution is 7.89.